The molecular formula is C19H29N5O4. The highest BCUT2D eigenvalue weighted by molar-refractivity contribution is 5.69. The smallest absolute Gasteiger partial charge is 0.317 e. The van der Waals surface area contributed by atoms with Gasteiger partial charge < -0.3 is 10.2 Å². The lowest BCUT2D eigenvalue weighted by Gasteiger charge is -2.34. The predicted octanol–water partition coefficient (Wildman–Crippen LogP) is -0.514. The Labute approximate surface area is 165 Å². The largest absolute Gasteiger partial charge is 0.480 e. The van der Waals surface area contributed by atoms with Gasteiger partial charge in [0.2, 0.25) is 0 Å². The van der Waals surface area contributed by atoms with Gasteiger partial charge in [0.25, 0.3) is 0 Å². The van der Waals surface area contributed by atoms with Gasteiger partial charge in [-0.3, -0.25) is 34.2 Å². The van der Waals surface area contributed by atoms with E-state index in [1.165, 1.54) is 0 Å². The standard InChI is InChI=1S/C19H29N5O4/c25-18(26)14-23-8-4-21-5-9-24(15-19(27)28)11-7-22(6-10-23)13-17-3-1-2-16(12-21)20-17/h1-3H,4-15H2,(H,25,26)(H,27,28). The third-order valence-corrected chi connectivity index (χ3v) is 5.28. The van der Waals surface area contributed by atoms with Crippen molar-refractivity contribution in [3.63, 3.8) is 0 Å². The fourth-order valence-corrected chi connectivity index (χ4v) is 3.76. The highest BCUT2D eigenvalue weighted by Crippen LogP contribution is 2.11. The van der Waals surface area contributed by atoms with Gasteiger partial charge in [-0.15, -0.1) is 0 Å². The summed E-state index contributed by atoms with van der Waals surface area (Å²) in [4.78, 5) is 35.8. The van der Waals surface area contributed by atoms with E-state index in [9.17, 15) is 19.8 Å². The van der Waals surface area contributed by atoms with Crippen molar-refractivity contribution < 1.29 is 19.8 Å². The first-order valence-corrected chi connectivity index (χ1v) is 9.76. The minimum Gasteiger partial charge on any atom is -0.480 e. The lowest BCUT2D eigenvalue weighted by atomic mass is 10.2. The van der Waals surface area contributed by atoms with Gasteiger partial charge in [-0.25, -0.2) is 0 Å². The molecule has 154 valence electrons. The van der Waals surface area contributed by atoms with E-state index >= 15 is 0 Å². The number of carbonyl (C=O) groups is 2. The number of rotatable bonds is 4. The summed E-state index contributed by atoms with van der Waals surface area (Å²) < 4.78 is 0. The number of hydrogen-bond donors (Lipinski definition) is 2. The molecule has 1 saturated heterocycles. The molecule has 0 spiro atoms. The molecule has 4 bridgehead atoms. The zero-order valence-corrected chi connectivity index (χ0v) is 16.2. The summed E-state index contributed by atoms with van der Waals surface area (Å²) in [6, 6.07) is 6.07. The summed E-state index contributed by atoms with van der Waals surface area (Å²) in [5.74, 6) is -1.62. The zero-order valence-electron chi connectivity index (χ0n) is 16.2. The van der Waals surface area contributed by atoms with Crippen LogP contribution in [0.15, 0.2) is 18.2 Å². The van der Waals surface area contributed by atoms with Gasteiger partial charge in [-0.1, -0.05) is 6.07 Å². The maximum absolute atomic E-state index is 11.2. The zero-order chi connectivity index (χ0) is 19.9. The Hall–Kier alpha value is -2.07. The van der Waals surface area contributed by atoms with Crippen molar-refractivity contribution >= 4 is 11.9 Å². The summed E-state index contributed by atoms with van der Waals surface area (Å²) in [5.41, 5.74) is 1.99. The van der Waals surface area contributed by atoms with E-state index in [4.69, 9.17) is 4.98 Å². The van der Waals surface area contributed by atoms with Crippen LogP contribution in [0.2, 0.25) is 0 Å². The minimum atomic E-state index is -0.809. The van der Waals surface area contributed by atoms with E-state index in [2.05, 4.69) is 9.80 Å². The van der Waals surface area contributed by atoms with Gasteiger partial charge in [0.05, 0.1) is 24.5 Å². The Morgan fingerprint density at radius 2 is 1.14 bits per heavy atom. The summed E-state index contributed by atoms with van der Waals surface area (Å²) in [6.45, 7) is 6.98. The van der Waals surface area contributed by atoms with Crippen molar-refractivity contribution in [1.29, 1.82) is 0 Å². The highest BCUT2D eigenvalue weighted by atomic mass is 16.4. The molecule has 9 nitrogen and oxygen atoms in total. The predicted molar refractivity (Wildman–Crippen MR) is 103 cm³/mol. The molecule has 0 radical (unpaired) electrons. The van der Waals surface area contributed by atoms with Gasteiger partial charge in [-0.05, 0) is 12.1 Å². The first-order valence-electron chi connectivity index (χ1n) is 9.76. The molecule has 0 unspecified atom stereocenters. The van der Waals surface area contributed by atoms with Crippen LogP contribution in [0.5, 0.6) is 0 Å². The summed E-state index contributed by atoms with van der Waals surface area (Å²) in [5, 5.41) is 18.5. The SMILES string of the molecule is O=C(O)CN1CCN2CCN(CC(=O)O)CCN(CC1)Cc1cccc(n1)C2. The third-order valence-electron chi connectivity index (χ3n) is 5.28. The number of aromatic nitrogens is 1. The molecule has 0 amide bonds. The number of pyridine rings is 1. The topological polar surface area (TPSA) is 100 Å². The molecule has 9 heteroatoms. The minimum absolute atomic E-state index is 0.0381. The molecule has 1 aromatic heterocycles. The summed E-state index contributed by atoms with van der Waals surface area (Å²) in [6.07, 6.45) is 0. The molecule has 4 rings (SSSR count). The summed E-state index contributed by atoms with van der Waals surface area (Å²) in [7, 11) is 0. The summed E-state index contributed by atoms with van der Waals surface area (Å²) >= 11 is 0. The van der Waals surface area contributed by atoms with Crippen LogP contribution in [0.3, 0.4) is 0 Å². The van der Waals surface area contributed by atoms with E-state index in [-0.39, 0.29) is 13.1 Å². The van der Waals surface area contributed by atoms with Crippen LogP contribution in [-0.4, -0.2) is 112 Å². The molecule has 4 heterocycles. The van der Waals surface area contributed by atoms with Crippen molar-refractivity contribution in [3.8, 4) is 0 Å². The molecular weight excluding hydrogens is 362 g/mol. The van der Waals surface area contributed by atoms with Gasteiger partial charge in [0.15, 0.2) is 0 Å². The van der Waals surface area contributed by atoms with Crippen LogP contribution in [0.4, 0.5) is 0 Å². The van der Waals surface area contributed by atoms with Crippen molar-refractivity contribution in [2.24, 2.45) is 0 Å². The molecule has 0 saturated carbocycles. The highest BCUT2D eigenvalue weighted by Gasteiger charge is 2.20. The average Bonchev–Trinajstić information content (AvgIpc) is 2.62. The lowest BCUT2D eigenvalue weighted by Crippen LogP contribution is -2.47. The average molecular weight is 391 g/mol. The van der Waals surface area contributed by atoms with Gasteiger partial charge in [0, 0.05) is 65.4 Å². The number of hydrogen-bond acceptors (Lipinski definition) is 7. The Morgan fingerprint density at radius 3 is 1.50 bits per heavy atom. The molecule has 2 N–H and O–H groups in total. The van der Waals surface area contributed by atoms with Crippen molar-refractivity contribution in [3.05, 3.63) is 29.6 Å². The number of carboxylic acid groups (broad SMARTS) is 2. The van der Waals surface area contributed by atoms with E-state index in [0.29, 0.717) is 39.3 Å². The second-order valence-corrected chi connectivity index (χ2v) is 7.51. The van der Waals surface area contributed by atoms with Crippen LogP contribution in [0, 0.1) is 0 Å². The Morgan fingerprint density at radius 1 is 0.750 bits per heavy atom. The quantitative estimate of drug-likeness (QED) is 0.702. The van der Waals surface area contributed by atoms with Crippen LogP contribution >= 0.6 is 0 Å². The van der Waals surface area contributed by atoms with Gasteiger partial charge in [0.1, 0.15) is 0 Å². The first-order chi connectivity index (χ1) is 13.5. The lowest BCUT2D eigenvalue weighted by molar-refractivity contribution is -0.139. The monoisotopic (exact) mass is 391 g/mol. The fraction of sp³-hybridized carbons (Fsp3) is 0.632. The molecule has 3 aliphatic rings. The Balaban J connectivity index is 1.85. The van der Waals surface area contributed by atoms with Crippen molar-refractivity contribution in [1.82, 2.24) is 24.6 Å². The van der Waals surface area contributed by atoms with Crippen LogP contribution in [0.1, 0.15) is 11.4 Å². The Kier molecular flexibility index (Phi) is 7.32. The second kappa shape index (κ2) is 9.92. The number of nitrogens with zero attached hydrogens (tertiary/aromatic N) is 5. The van der Waals surface area contributed by atoms with E-state index in [0.717, 1.165) is 37.6 Å². The molecule has 0 aromatic carbocycles. The van der Waals surface area contributed by atoms with E-state index in [1.54, 1.807) is 0 Å². The van der Waals surface area contributed by atoms with Crippen molar-refractivity contribution in [2.75, 3.05) is 65.4 Å². The molecule has 1 fully saturated rings. The molecule has 28 heavy (non-hydrogen) atoms. The maximum atomic E-state index is 11.2. The van der Waals surface area contributed by atoms with Crippen molar-refractivity contribution in [2.45, 2.75) is 13.1 Å². The fourth-order valence-electron chi connectivity index (χ4n) is 3.76. The molecule has 1 aromatic rings. The number of aliphatic carboxylic acids is 2. The molecule has 0 aliphatic carbocycles. The van der Waals surface area contributed by atoms with Crippen LogP contribution < -0.4 is 0 Å². The molecule has 0 atom stereocenters. The third kappa shape index (κ3) is 6.52. The Bertz CT molecular complexity index is 617. The number of carboxylic acids is 2. The van der Waals surface area contributed by atoms with Crippen LogP contribution in [-0.2, 0) is 22.7 Å². The normalized spacial score (nSPS) is 25.0. The van der Waals surface area contributed by atoms with Gasteiger partial charge in [-0.2, -0.15) is 0 Å². The first kappa shape index (κ1) is 20.7. The molecule has 3 aliphatic heterocycles. The van der Waals surface area contributed by atoms with Gasteiger partial charge >= 0.3 is 11.9 Å². The van der Waals surface area contributed by atoms with E-state index in [1.807, 2.05) is 28.0 Å². The number of fused-ring (bicyclic) bond motifs is 8. The van der Waals surface area contributed by atoms with E-state index < -0.39 is 11.9 Å². The maximum Gasteiger partial charge on any atom is 0.317 e. The second-order valence-electron chi connectivity index (χ2n) is 7.51. The van der Waals surface area contributed by atoms with Crippen LogP contribution in [0.25, 0.3) is 0 Å².